The Bertz CT molecular complexity index is 553. The van der Waals surface area contributed by atoms with E-state index in [9.17, 15) is 4.79 Å². The number of halogens is 1. The third-order valence-electron chi connectivity index (χ3n) is 2.17. The Morgan fingerprint density at radius 1 is 1.38 bits per heavy atom. The van der Waals surface area contributed by atoms with Crippen molar-refractivity contribution in [3.05, 3.63) is 34.8 Å². The quantitative estimate of drug-likeness (QED) is 0.626. The Hall–Kier alpha value is -1.71. The highest BCUT2D eigenvalue weighted by molar-refractivity contribution is 9.10. The van der Waals surface area contributed by atoms with E-state index in [1.54, 1.807) is 17.8 Å². The minimum atomic E-state index is 0.371. The van der Waals surface area contributed by atoms with Crippen LogP contribution in [0.2, 0.25) is 0 Å². The van der Waals surface area contributed by atoms with Gasteiger partial charge in [-0.15, -0.1) is 4.99 Å². The molecule has 0 unspecified atom stereocenters. The highest BCUT2D eigenvalue weighted by Gasteiger charge is 2.06. The number of isocyanates is 1. The Kier molecular flexibility index (Phi) is 2.99. The van der Waals surface area contributed by atoms with E-state index in [4.69, 9.17) is 0 Å². The van der Waals surface area contributed by atoms with Crippen LogP contribution < -0.4 is 0 Å². The summed E-state index contributed by atoms with van der Waals surface area (Å²) >= 11 is 3.37. The van der Waals surface area contributed by atoms with Gasteiger partial charge in [-0.3, -0.25) is 4.68 Å². The SMILES string of the molecule is Cn1nc(N=C=O)cc1-c1ccc(Br)cc1. The second kappa shape index (κ2) is 4.43. The number of benzene rings is 1. The van der Waals surface area contributed by atoms with Gasteiger partial charge in [0.15, 0.2) is 5.82 Å². The van der Waals surface area contributed by atoms with Crippen LogP contribution in [-0.4, -0.2) is 15.9 Å². The van der Waals surface area contributed by atoms with E-state index in [0.717, 1.165) is 15.7 Å². The predicted octanol–water partition coefficient (Wildman–Crippen LogP) is 2.82. The highest BCUT2D eigenvalue weighted by Crippen LogP contribution is 2.24. The molecule has 1 aromatic carbocycles. The van der Waals surface area contributed by atoms with Crippen molar-refractivity contribution < 1.29 is 4.79 Å². The van der Waals surface area contributed by atoms with E-state index < -0.39 is 0 Å². The molecular formula is C11H8BrN3O. The Morgan fingerprint density at radius 2 is 2.06 bits per heavy atom. The summed E-state index contributed by atoms with van der Waals surface area (Å²) in [4.78, 5) is 13.6. The molecule has 0 atom stereocenters. The van der Waals surface area contributed by atoms with Crippen LogP contribution in [-0.2, 0) is 11.8 Å². The lowest BCUT2D eigenvalue weighted by atomic mass is 10.1. The monoisotopic (exact) mass is 277 g/mol. The van der Waals surface area contributed by atoms with E-state index in [1.165, 1.54) is 6.08 Å². The first kappa shape index (κ1) is 10.8. The largest absolute Gasteiger partial charge is 0.266 e. The van der Waals surface area contributed by atoms with E-state index in [0.29, 0.717) is 5.82 Å². The molecule has 0 radical (unpaired) electrons. The number of rotatable bonds is 2. The normalized spacial score (nSPS) is 9.88. The lowest BCUT2D eigenvalue weighted by Crippen LogP contribution is -1.92. The molecule has 0 aliphatic heterocycles. The molecule has 0 amide bonds. The van der Waals surface area contributed by atoms with Gasteiger partial charge in [0, 0.05) is 17.6 Å². The number of aliphatic imine (C=N–C) groups is 1. The van der Waals surface area contributed by atoms with E-state index >= 15 is 0 Å². The molecule has 1 heterocycles. The van der Waals surface area contributed by atoms with Gasteiger partial charge in [-0.25, -0.2) is 4.79 Å². The minimum Gasteiger partial charge on any atom is -0.266 e. The lowest BCUT2D eigenvalue weighted by molar-refractivity contribution is 0.565. The van der Waals surface area contributed by atoms with Crippen molar-refractivity contribution in [3.8, 4) is 11.3 Å². The van der Waals surface area contributed by atoms with Crippen LogP contribution >= 0.6 is 15.9 Å². The summed E-state index contributed by atoms with van der Waals surface area (Å²) in [5.41, 5.74) is 1.92. The second-order valence-electron chi connectivity index (χ2n) is 3.22. The van der Waals surface area contributed by atoms with Crippen LogP contribution in [0.25, 0.3) is 11.3 Å². The average molecular weight is 278 g/mol. The lowest BCUT2D eigenvalue weighted by Gasteiger charge is -2.00. The van der Waals surface area contributed by atoms with Gasteiger partial charge in [0.25, 0.3) is 0 Å². The number of nitrogens with zero attached hydrogens (tertiary/aromatic N) is 3. The number of hydrogen-bond donors (Lipinski definition) is 0. The fourth-order valence-corrected chi connectivity index (χ4v) is 1.71. The van der Waals surface area contributed by atoms with Gasteiger partial charge in [-0.2, -0.15) is 5.10 Å². The van der Waals surface area contributed by atoms with Crippen molar-refractivity contribution >= 4 is 27.8 Å². The molecule has 0 aliphatic rings. The van der Waals surface area contributed by atoms with Crippen molar-refractivity contribution in [2.75, 3.05) is 0 Å². The predicted molar refractivity (Wildman–Crippen MR) is 64.1 cm³/mol. The maximum absolute atomic E-state index is 10.1. The summed E-state index contributed by atoms with van der Waals surface area (Å²) < 4.78 is 2.70. The number of carbonyl (C=O) groups excluding carboxylic acids is 1. The van der Waals surface area contributed by atoms with Crippen LogP contribution in [0.4, 0.5) is 5.82 Å². The van der Waals surface area contributed by atoms with Gasteiger partial charge >= 0.3 is 0 Å². The first-order valence-corrected chi connectivity index (χ1v) is 5.38. The van der Waals surface area contributed by atoms with E-state index in [-0.39, 0.29) is 0 Å². The molecule has 0 spiro atoms. The molecule has 0 bridgehead atoms. The molecule has 16 heavy (non-hydrogen) atoms. The Balaban J connectivity index is 2.47. The van der Waals surface area contributed by atoms with Crippen molar-refractivity contribution in [1.82, 2.24) is 9.78 Å². The third kappa shape index (κ3) is 2.10. The smallest absolute Gasteiger partial charge is 0.242 e. The van der Waals surface area contributed by atoms with Crippen LogP contribution in [0.5, 0.6) is 0 Å². The first-order valence-electron chi connectivity index (χ1n) is 4.58. The zero-order chi connectivity index (χ0) is 11.5. The summed E-state index contributed by atoms with van der Waals surface area (Å²) in [6, 6.07) is 9.58. The van der Waals surface area contributed by atoms with E-state index in [1.807, 2.05) is 24.3 Å². The fourth-order valence-electron chi connectivity index (χ4n) is 1.44. The van der Waals surface area contributed by atoms with E-state index in [2.05, 4.69) is 26.0 Å². The summed E-state index contributed by atoms with van der Waals surface area (Å²) in [6.45, 7) is 0. The summed E-state index contributed by atoms with van der Waals surface area (Å²) in [5.74, 6) is 0.371. The molecule has 0 fully saturated rings. The molecule has 1 aromatic heterocycles. The molecule has 4 nitrogen and oxygen atoms in total. The van der Waals surface area contributed by atoms with Crippen LogP contribution in [0.1, 0.15) is 0 Å². The molecule has 5 heteroatoms. The molecule has 0 N–H and O–H groups in total. The van der Waals surface area contributed by atoms with Gasteiger partial charge in [0.2, 0.25) is 6.08 Å². The van der Waals surface area contributed by atoms with Crippen molar-refractivity contribution in [2.24, 2.45) is 12.0 Å². The summed E-state index contributed by atoms with van der Waals surface area (Å²) in [5, 5.41) is 4.07. The number of aromatic nitrogens is 2. The molecule has 0 saturated heterocycles. The number of aryl methyl sites for hydroxylation is 1. The zero-order valence-corrected chi connectivity index (χ0v) is 10.1. The van der Waals surface area contributed by atoms with Gasteiger partial charge < -0.3 is 0 Å². The zero-order valence-electron chi connectivity index (χ0n) is 8.51. The Morgan fingerprint density at radius 3 is 2.69 bits per heavy atom. The Labute approximate surface area is 101 Å². The van der Waals surface area contributed by atoms with Crippen molar-refractivity contribution in [3.63, 3.8) is 0 Å². The summed E-state index contributed by atoms with van der Waals surface area (Å²) in [7, 11) is 1.81. The fraction of sp³-hybridized carbons (Fsp3) is 0.0909. The topological polar surface area (TPSA) is 47.2 Å². The van der Waals surface area contributed by atoms with Gasteiger partial charge in [-0.05, 0) is 17.7 Å². The summed E-state index contributed by atoms with van der Waals surface area (Å²) in [6.07, 6.45) is 1.48. The van der Waals surface area contributed by atoms with Gasteiger partial charge in [0.05, 0.1) is 5.69 Å². The minimum absolute atomic E-state index is 0.371. The molecule has 0 aliphatic carbocycles. The molecule has 80 valence electrons. The van der Waals surface area contributed by atoms with Gasteiger partial charge in [-0.1, -0.05) is 28.1 Å². The van der Waals surface area contributed by atoms with Crippen LogP contribution in [0.15, 0.2) is 39.8 Å². The maximum Gasteiger partial charge on any atom is 0.242 e. The highest BCUT2D eigenvalue weighted by atomic mass is 79.9. The second-order valence-corrected chi connectivity index (χ2v) is 4.14. The molecule has 0 saturated carbocycles. The first-order chi connectivity index (χ1) is 7.70. The van der Waals surface area contributed by atoms with Gasteiger partial charge in [0.1, 0.15) is 0 Å². The molecule has 2 rings (SSSR count). The molecular weight excluding hydrogens is 270 g/mol. The standard InChI is InChI=1S/C11H8BrN3O/c1-15-10(6-11(14-15)13-7-16)8-2-4-9(12)5-3-8/h2-6H,1H3. The molecule has 2 aromatic rings. The third-order valence-corrected chi connectivity index (χ3v) is 2.70. The van der Waals surface area contributed by atoms with Crippen molar-refractivity contribution in [2.45, 2.75) is 0 Å². The average Bonchev–Trinajstić information content (AvgIpc) is 2.61. The number of hydrogen-bond acceptors (Lipinski definition) is 3. The van der Waals surface area contributed by atoms with Crippen LogP contribution in [0, 0.1) is 0 Å². The van der Waals surface area contributed by atoms with Crippen LogP contribution in [0.3, 0.4) is 0 Å². The van der Waals surface area contributed by atoms with Crippen molar-refractivity contribution in [1.29, 1.82) is 0 Å². The maximum atomic E-state index is 10.1.